The monoisotopic (exact) mass is 456 g/mol. The number of fused-ring (bicyclic) bond motifs is 2. The Kier molecular flexibility index (Phi) is 6.27. The first-order valence-electron chi connectivity index (χ1n) is 12.3. The van der Waals surface area contributed by atoms with E-state index in [2.05, 4.69) is 47.0 Å². The molecule has 1 heterocycles. The van der Waals surface area contributed by atoms with Crippen molar-refractivity contribution < 1.29 is 14.3 Å². The van der Waals surface area contributed by atoms with Gasteiger partial charge < -0.3 is 15.4 Å². The minimum atomic E-state index is -0.406. The van der Waals surface area contributed by atoms with E-state index in [0.717, 1.165) is 42.2 Å². The summed E-state index contributed by atoms with van der Waals surface area (Å²) in [5.41, 5.74) is 3.34. The average Bonchev–Trinajstić information content (AvgIpc) is 3.24. The van der Waals surface area contributed by atoms with E-state index in [0.29, 0.717) is 25.7 Å². The van der Waals surface area contributed by atoms with Crippen LogP contribution in [0.1, 0.15) is 61.3 Å². The summed E-state index contributed by atoms with van der Waals surface area (Å²) >= 11 is 0. The van der Waals surface area contributed by atoms with E-state index < -0.39 is 5.54 Å². The van der Waals surface area contributed by atoms with Gasteiger partial charge in [-0.1, -0.05) is 54.6 Å². The molecule has 3 aromatic rings. The van der Waals surface area contributed by atoms with Gasteiger partial charge in [-0.25, -0.2) is 0 Å². The Morgan fingerprint density at radius 2 is 1.85 bits per heavy atom. The number of carbonyl (C=O) groups excluding carboxylic acids is 2. The first kappa shape index (κ1) is 22.5. The minimum absolute atomic E-state index is 0.0572. The summed E-state index contributed by atoms with van der Waals surface area (Å²) in [6.07, 6.45) is 6.11. The van der Waals surface area contributed by atoms with Crippen LogP contribution in [0.5, 0.6) is 5.75 Å². The van der Waals surface area contributed by atoms with Gasteiger partial charge in [0.15, 0.2) is 0 Å². The summed E-state index contributed by atoms with van der Waals surface area (Å²) < 4.78 is 5.55. The summed E-state index contributed by atoms with van der Waals surface area (Å²) in [6, 6.07) is 20.8. The molecule has 0 saturated carbocycles. The molecule has 5 rings (SSSR count). The number of benzene rings is 3. The molecule has 5 heteroatoms. The van der Waals surface area contributed by atoms with E-state index in [-0.39, 0.29) is 17.9 Å². The van der Waals surface area contributed by atoms with Gasteiger partial charge in [0.05, 0.1) is 13.2 Å². The van der Waals surface area contributed by atoms with E-state index in [1.807, 2.05) is 24.3 Å². The van der Waals surface area contributed by atoms with Gasteiger partial charge in [0.1, 0.15) is 5.75 Å². The maximum atomic E-state index is 13.0. The molecule has 1 saturated heterocycles. The Labute approximate surface area is 200 Å². The lowest BCUT2D eigenvalue weighted by Gasteiger charge is -2.31. The summed E-state index contributed by atoms with van der Waals surface area (Å²) in [5, 5.41) is 8.70. The van der Waals surface area contributed by atoms with Crippen LogP contribution < -0.4 is 15.4 Å². The molecule has 0 bridgehead atoms. The highest BCUT2D eigenvalue weighted by molar-refractivity contribution is 5.91. The lowest BCUT2D eigenvalue weighted by Crippen LogP contribution is -2.44. The number of hydrogen-bond donors (Lipinski definition) is 2. The molecule has 3 aromatic carbocycles. The van der Waals surface area contributed by atoms with E-state index in [9.17, 15) is 9.59 Å². The topological polar surface area (TPSA) is 67.4 Å². The van der Waals surface area contributed by atoms with Gasteiger partial charge in [-0.2, -0.15) is 0 Å². The van der Waals surface area contributed by atoms with Crippen LogP contribution in [0.15, 0.2) is 60.7 Å². The third-order valence-electron chi connectivity index (χ3n) is 7.49. The second kappa shape index (κ2) is 9.49. The highest BCUT2D eigenvalue weighted by Gasteiger charge is 2.38. The van der Waals surface area contributed by atoms with Crippen molar-refractivity contribution in [3.63, 3.8) is 0 Å². The van der Waals surface area contributed by atoms with Crippen molar-refractivity contribution >= 4 is 22.6 Å². The third kappa shape index (κ3) is 4.52. The molecule has 176 valence electrons. The molecule has 0 unspecified atom stereocenters. The molecule has 5 nitrogen and oxygen atoms in total. The van der Waals surface area contributed by atoms with Crippen LogP contribution in [-0.2, 0) is 22.4 Å². The maximum absolute atomic E-state index is 13.0. The zero-order valence-electron chi connectivity index (χ0n) is 19.7. The number of methoxy groups -OCH3 is 1. The molecule has 1 aliphatic carbocycles. The molecule has 1 fully saturated rings. The van der Waals surface area contributed by atoms with E-state index in [1.165, 1.54) is 16.7 Å². The Hall–Kier alpha value is -3.34. The molecule has 2 N–H and O–H groups in total. The summed E-state index contributed by atoms with van der Waals surface area (Å²) in [7, 11) is 1.68. The average molecular weight is 457 g/mol. The molecular weight excluding hydrogens is 424 g/mol. The molecule has 2 atom stereocenters. The van der Waals surface area contributed by atoms with Crippen LogP contribution in [0.4, 0.5) is 0 Å². The fraction of sp³-hybridized carbons (Fsp3) is 0.379. The first-order chi connectivity index (χ1) is 16.6. The molecule has 0 spiro atoms. The van der Waals surface area contributed by atoms with Crippen molar-refractivity contribution in [2.75, 3.05) is 7.11 Å². The van der Waals surface area contributed by atoms with Crippen molar-refractivity contribution in [3.8, 4) is 5.75 Å². The van der Waals surface area contributed by atoms with Gasteiger partial charge >= 0.3 is 0 Å². The quantitative estimate of drug-likeness (QED) is 0.525. The number of carbonyl (C=O) groups is 2. The van der Waals surface area contributed by atoms with Crippen LogP contribution in [0, 0.1) is 0 Å². The molecule has 2 aliphatic rings. The fourth-order valence-corrected chi connectivity index (χ4v) is 5.74. The van der Waals surface area contributed by atoms with Crippen molar-refractivity contribution in [2.45, 2.75) is 62.9 Å². The second-order valence-corrected chi connectivity index (χ2v) is 9.69. The predicted molar refractivity (Wildman–Crippen MR) is 134 cm³/mol. The molecule has 34 heavy (non-hydrogen) atoms. The lowest BCUT2D eigenvalue weighted by molar-refractivity contribution is -0.123. The van der Waals surface area contributed by atoms with Gasteiger partial charge in [-0.05, 0) is 66.7 Å². The molecular formula is C29H32N2O3. The van der Waals surface area contributed by atoms with Crippen LogP contribution in [0.25, 0.3) is 10.8 Å². The lowest BCUT2D eigenvalue weighted by atomic mass is 9.83. The van der Waals surface area contributed by atoms with Gasteiger partial charge in [0.2, 0.25) is 11.8 Å². The highest BCUT2D eigenvalue weighted by Crippen LogP contribution is 2.35. The highest BCUT2D eigenvalue weighted by atomic mass is 16.5. The minimum Gasteiger partial charge on any atom is -0.496 e. The fourth-order valence-electron chi connectivity index (χ4n) is 5.74. The van der Waals surface area contributed by atoms with E-state index >= 15 is 0 Å². The molecule has 1 aliphatic heterocycles. The van der Waals surface area contributed by atoms with Gasteiger partial charge in [0, 0.05) is 23.8 Å². The number of hydrogen-bond acceptors (Lipinski definition) is 3. The Bertz CT molecular complexity index is 1220. The van der Waals surface area contributed by atoms with E-state index in [4.69, 9.17) is 4.74 Å². The van der Waals surface area contributed by atoms with Gasteiger partial charge in [-0.3, -0.25) is 9.59 Å². The zero-order chi connectivity index (χ0) is 23.5. The first-order valence-corrected chi connectivity index (χ1v) is 12.3. The van der Waals surface area contributed by atoms with Crippen LogP contribution in [0.2, 0.25) is 0 Å². The van der Waals surface area contributed by atoms with Crippen molar-refractivity contribution in [3.05, 3.63) is 77.4 Å². The number of ether oxygens (including phenoxy) is 1. The van der Waals surface area contributed by atoms with Crippen molar-refractivity contribution in [2.24, 2.45) is 0 Å². The number of aryl methyl sites for hydroxylation is 1. The van der Waals surface area contributed by atoms with E-state index in [1.54, 1.807) is 7.11 Å². The van der Waals surface area contributed by atoms with Crippen LogP contribution in [0.3, 0.4) is 0 Å². The van der Waals surface area contributed by atoms with Crippen molar-refractivity contribution in [1.29, 1.82) is 0 Å². The summed E-state index contributed by atoms with van der Waals surface area (Å²) in [4.78, 5) is 25.3. The summed E-state index contributed by atoms with van der Waals surface area (Å²) in [6.45, 7) is 0. The normalized spacial score (nSPS) is 21.7. The third-order valence-corrected chi connectivity index (χ3v) is 7.49. The van der Waals surface area contributed by atoms with Crippen LogP contribution >= 0.6 is 0 Å². The number of rotatable bonds is 7. The number of amides is 2. The molecule has 0 radical (unpaired) electrons. The smallest absolute Gasteiger partial charge is 0.220 e. The summed E-state index contributed by atoms with van der Waals surface area (Å²) in [5.74, 6) is 0.970. The molecule has 0 aromatic heterocycles. The number of nitrogens with one attached hydrogen (secondary N) is 2. The van der Waals surface area contributed by atoms with Crippen molar-refractivity contribution in [1.82, 2.24) is 10.6 Å². The Balaban J connectivity index is 1.32. The van der Waals surface area contributed by atoms with Gasteiger partial charge in [-0.15, -0.1) is 0 Å². The zero-order valence-corrected chi connectivity index (χ0v) is 19.7. The maximum Gasteiger partial charge on any atom is 0.220 e. The second-order valence-electron chi connectivity index (χ2n) is 9.69. The van der Waals surface area contributed by atoms with Gasteiger partial charge in [0.25, 0.3) is 0 Å². The predicted octanol–water partition coefficient (Wildman–Crippen LogP) is 5.01. The Morgan fingerprint density at radius 1 is 1.06 bits per heavy atom. The van der Waals surface area contributed by atoms with Crippen LogP contribution in [-0.4, -0.2) is 24.5 Å². The molecule has 2 amide bonds. The largest absolute Gasteiger partial charge is 0.496 e. The Morgan fingerprint density at radius 3 is 2.65 bits per heavy atom. The SMILES string of the molecule is COc1ccc(C[C@@]2(CCC(=O)N[C@@H]3CCCc4ccccc43)CCC(=O)N2)c2ccccc12. The standard InChI is InChI=1S/C29H32N2O3/c1-34-26-14-13-21(22-9-4-5-11-24(22)26)19-29(18-16-28(33)31-29)17-15-27(32)30-25-12-6-8-20-7-2-3-10-23(20)25/h2-5,7,9-11,13-14,25H,6,8,12,15-19H2,1H3,(H,30,32)(H,31,33)/t25-,29-/m1/s1.